The molecule has 1 aliphatic rings. The summed E-state index contributed by atoms with van der Waals surface area (Å²) in [6.45, 7) is 1.15. The van der Waals surface area contributed by atoms with Gasteiger partial charge in [0.25, 0.3) is 5.91 Å². The third-order valence-electron chi connectivity index (χ3n) is 5.00. The van der Waals surface area contributed by atoms with Crippen molar-refractivity contribution in [2.24, 2.45) is 5.73 Å². The molecule has 0 radical (unpaired) electrons. The maximum absolute atomic E-state index is 13.0. The van der Waals surface area contributed by atoms with Gasteiger partial charge in [0.05, 0.1) is 16.6 Å². The van der Waals surface area contributed by atoms with Crippen molar-refractivity contribution in [2.75, 3.05) is 23.3 Å². The Morgan fingerprint density at radius 1 is 1.17 bits per heavy atom. The Morgan fingerprint density at radius 2 is 1.97 bits per heavy atom. The second kappa shape index (κ2) is 7.23. The van der Waals surface area contributed by atoms with Crippen LogP contribution in [0.3, 0.4) is 0 Å². The number of carbonyl (C=O) groups is 1. The molecule has 1 aliphatic heterocycles. The van der Waals surface area contributed by atoms with Gasteiger partial charge in [-0.2, -0.15) is 13.2 Å². The van der Waals surface area contributed by atoms with E-state index in [1.165, 1.54) is 18.5 Å². The van der Waals surface area contributed by atoms with Gasteiger partial charge in [-0.1, -0.05) is 12.1 Å². The number of anilines is 2. The van der Waals surface area contributed by atoms with E-state index in [-0.39, 0.29) is 6.04 Å². The standard InChI is InChI=1S/C20H18F3N5O/c21-20(22,23)12-3-1-4-14(9-12)28-8-7-13(10-28)27-19-16-6-2-5-15(18(24)29)17(16)25-11-26-19/h1-6,9,11,13H,7-8,10H2,(H2,24,29)(H,25,26,27). The number of fused-ring (bicyclic) bond motifs is 1. The molecule has 0 spiro atoms. The maximum Gasteiger partial charge on any atom is 0.416 e. The number of carbonyl (C=O) groups excluding carboxylic acids is 1. The van der Waals surface area contributed by atoms with E-state index in [0.717, 1.165) is 12.5 Å². The average molecular weight is 401 g/mol. The number of amides is 1. The van der Waals surface area contributed by atoms with Crippen LogP contribution in [0.2, 0.25) is 0 Å². The highest BCUT2D eigenvalue weighted by atomic mass is 19.4. The van der Waals surface area contributed by atoms with Crippen molar-refractivity contribution in [3.8, 4) is 0 Å². The normalized spacial score (nSPS) is 16.9. The summed E-state index contributed by atoms with van der Waals surface area (Å²) in [5.41, 5.74) is 6.06. The van der Waals surface area contributed by atoms with E-state index in [1.54, 1.807) is 24.3 Å². The summed E-state index contributed by atoms with van der Waals surface area (Å²) in [7, 11) is 0. The highest BCUT2D eigenvalue weighted by molar-refractivity contribution is 6.06. The first kappa shape index (κ1) is 19.0. The van der Waals surface area contributed by atoms with Crippen molar-refractivity contribution in [1.82, 2.24) is 9.97 Å². The molecule has 150 valence electrons. The predicted octanol–water partition coefficient (Wildman–Crippen LogP) is 3.44. The van der Waals surface area contributed by atoms with Crippen molar-refractivity contribution in [1.29, 1.82) is 0 Å². The number of primary amides is 1. The van der Waals surface area contributed by atoms with Crippen LogP contribution in [0, 0.1) is 0 Å². The molecule has 1 atom stereocenters. The molecular formula is C20H18F3N5O. The van der Waals surface area contributed by atoms with Gasteiger partial charge in [-0.25, -0.2) is 9.97 Å². The van der Waals surface area contributed by atoms with Crippen LogP contribution in [0.25, 0.3) is 10.9 Å². The van der Waals surface area contributed by atoms with E-state index in [4.69, 9.17) is 5.73 Å². The number of nitrogens with zero attached hydrogens (tertiary/aromatic N) is 3. The second-order valence-corrected chi connectivity index (χ2v) is 6.91. The lowest BCUT2D eigenvalue weighted by molar-refractivity contribution is -0.137. The Balaban J connectivity index is 1.54. The van der Waals surface area contributed by atoms with Gasteiger partial charge in [-0.05, 0) is 36.8 Å². The average Bonchev–Trinajstić information content (AvgIpc) is 3.16. The molecule has 4 rings (SSSR count). The molecule has 9 heteroatoms. The fraction of sp³-hybridized carbons (Fsp3) is 0.250. The van der Waals surface area contributed by atoms with Gasteiger partial charge in [0.1, 0.15) is 12.1 Å². The Labute approximate surface area is 164 Å². The monoisotopic (exact) mass is 401 g/mol. The summed E-state index contributed by atoms with van der Waals surface area (Å²) in [4.78, 5) is 22.0. The predicted molar refractivity (Wildman–Crippen MR) is 104 cm³/mol. The van der Waals surface area contributed by atoms with Crippen LogP contribution in [0.15, 0.2) is 48.8 Å². The molecule has 3 aromatic rings. The molecule has 2 heterocycles. The number of aromatic nitrogens is 2. The number of hydrogen-bond donors (Lipinski definition) is 2. The first-order valence-electron chi connectivity index (χ1n) is 9.05. The highest BCUT2D eigenvalue weighted by Gasteiger charge is 2.31. The molecule has 6 nitrogen and oxygen atoms in total. The summed E-state index contributed by atoms with van der Waals surface area (Å²) < 4.78 is 38.9. The number of hydrogen-bond acceptors (Lipinski definition) is 5. The number of benzene rings is 2. The molecule has 1 unspecified atom stereocenters. The highest BCUT2D eigenvalue weighted by Crippen LogP contribution is 2.33. The summed E-state index contributed by atoms with van der Waals surface area (Å²) in [5.74, 6) is -0.00849. The molecule has 0 saturated carbocycles. The van der Waals surface area contributed by atoms with E-state index in [1.807, 2.05) is 4.90 Å². The van der Waals surface area contributed by atoms with Crippen molar-refractivity contribution >= 4 is 28.3 Å². The van der Waals surface area contributed by atoms with Crippen LogP contribution in [-0.4, -0.2) is 35.0 Å². The van der Waals surface area contributed by atoms with Crippen LogP contribution >= 0.6 is 0 Å². The summed E-state index contributed by atoms with van der Waals surface area (Å²) in [5, 5.41) is 4.00. The van der Waals surface area contributed by atoms with Crippen LogP contribution in [0.4, 0.5) is 24.7 Å². The molecule has 2 aromatic carbocycles. The van der Waals surface area contributed by atoms with Crippen molar-refractivity contribution < 1.29 is 18.0 Å². The Morgan fingerprint density at radius 3 is 2.72 bits per heavy atom. The van der Waals surface area contributed by atoms with Crippen LogP contribution in [-0.2, 0) is 6.18 Å². The minimum absolute atomic E-state index is 0.0140. The number of rotatable bonds is 4. The fourth-order valence-corrected chi connectivity index (χ4v) is 3.59. The van der Waals surface area contributed by atoms with E-state index >= 15 is 0 Å². The molecule has 29 heavy (non-hydrogen) atoms. The summed E-state index contributed by atoms with van der Waals surface area (Å²) in [6.07, 6.45) is -2.28. The Kier molecular flexibility index (Phi) is 4.73. The molecule has 1 amide bonds. The van der Waals surface area contributed by atoms with Gasteiger partial charge < -0.3 is 16.0 Å². The van der Waals surface area contributed by atoms with E-state index < -0.39 is 17.6 Å². The molecule has 0 bridgehead atoms. The lowest BCUT2D eigenvalue weighted by Crippen LogP contribution is -2.26. The molecule has 0 aliphatic carbocycles. The van der Waals surface area contributed by atoms with Gasteiger partial charge >= 0.3 is 6.18 Å². The van der Waals surface area contributed by atoms with Crippen LogP contribution in [0.5, 0.6) is 0 Å². The minimum atomic E-state index is -4.37. The fourth-order valence-electron chi connectivity index (χ4n) is 3.59. The van der Waals surface area contributed by atoms with Crippen molar-refractivity contribution in [3.05, 3.63) is 59.9 Å². The van der Waals surface area contributed by atoms with E-state index in [0.29, 0.717) is 41.1 Å². The molecule has 1 aromatic heterocycles. The Hall–Kier alpha value is -3.36. The zero-order valence-corrected chi connectivity index (χ0v) is 15.3. The van der Waals surface area contributed by atoms with Crippen molar-refractivity contribution in [2.45, 2.75) is 18.6 Å². The van der Waals surface area contributed by atoms with Gasteiger partial charge in [-0.15, -0.1) is 0 Å². The largest absolute Gasteiger partial charge is 0.416 e. The molecule has 1 fully saturated rings. The number of alkyl halides is 3. The molecular weight excluding hydrogens is 383 g/mol. The quantitative estimate of drug-likeness (QED) is 0.700. The third-order valence-corrected chi connectivity index (χ3v) is 5.00. The van der Waals surface area contributed by atoms with E-state index in [2.05, 4.69) is 15.3 Å². The second-order valence-electron chi connectivity index (χ2n) is 6.91. The lowest BCUT2D eigenvalue weighted by atomic mass is 10.1. The number of para-hydroxylation sites is 1. The zero-order valence-electron chi connectivity index (χ0n) is 15.3. The summed E-state index contributed by atoms with van der Waals surface area (Å²) in [6, 6.07) is 10.4. The Bertz CT molecular complexity index is 1070. The van der Waals surface area contributed by atoms with E-state index in [9.17, 15) is 18.0 Å². The van der Waals surface area contributed by atoms with Gasteiger partial charge in [0.2, 0.25) is 0 Å². The summed E-state index contributed by atoms with van der Waals surface area (Å²) >= 11 is 0. The third kappa shape index (κ3) is 3.80. The SMILES string of the molecule is NC(=O)c1cccc2c(NC3CCN(c4cccc(C(F)(F)F)c4)C3)ncnc12. The number of nitrogens with two attached hydrogens (primary N) is 1. The van der Waals surface area contributed by atoms with Crippen LogP contribution < -0.4 is 16.0 Å². The van der Waals surface area contributed by atoms with Gasteiger partial charge in [0, 0.05) is 30.2 Å². The smallest absolute Gasteiger partial charge is 0.369 e. The number of nitrogens with one attached hydrogen (secondary N) is 1. The minimum Gasteiger partial charge on any atom is -0.369 e. The molecule has 1 saturated heterocycles. The molecule has 3 N–H and O–H groups in total. The van der Waals surface area contributed by atoms with Crippen molar-refractivity contribution in [3.63, 3.8) is 0 Å². The van der Waals surface area contributed by atoms with Crippen LogP contribution in [0.1, 0.15) is 22.3 Å². The first-order chi connectivity index (χ1) is 13.8. The lowest BCUT2D eigenvalue weighted by Gasteiger charge is -2.21. The number of halogens is 3. The topological polar surface area (TPSA) is 84.1 Å². The first-order valence-corrected chi connectivity index (χ1v) is 9.05. The van der Waals surface area contributed by atoms with Gasteiger partial charge in [-0.3, -0.25) is 4.79 Å². The maximum atomic E-state index is 13.0. The zero-order chi connectivity index (χ0) is 20.6. The van der Waals surface area contributed by atoms with Gasteiger partial charge in [0.15, 0.2) is 0 Å².